The highest BCUT2D eigenvalue weighted by Crippen LogP contribution is 2.20. The third-order valence-electron chi connectivity index (χ3n) is 2.34. The van der Waals surface area contributed by atoms with E-state index in [1.54, 1.807) is 6.92 Å². The molecule has 0 aromatic carbocycles. The minimum atomic E-state index is -0.150. The van der Waals surface area contributed by atoms with Gasteiger partial charge in [0.1, 0.15) is 0 Å². The lowest BCUT2D eigenvalue weighted by molar-refractivity contribution is 1.23. The van der Waals surface area contributed by atoms with Crippen molar-refractivity contribution >= 4 is 5.71 Å². The van der Waals surface area contributed by atoms with E-state index in [4.69, 9.17) is 5.84 Å². The van der Waals surface area contributed by atoms with Crippen LogP contribution in [-0.4, -0.2) is 10.7 Å². The van der Waals surface area contributed by atoms with Crippen LogP contribution in [0.2, 0.25) is 0 Å². The second kappa shape index (κ2) is 3.57. The first-order valence-corrected chi connectivity index (χ1v) is 4.60. The van der Waals surface area contributed by atoms with Gasteiger partial charge in [-0.05, 0) is 13.0 Å². The van der Waals surface area contributed by atoms with Crippen molar-refractivity contribution in [3.05, 3.63) is 46.2 Å². The molecule has 4 heteroatoms. The molecule has 0 fully saturated rings. The van der Waals surface area contributed by atoms with Crippen LogP contribution in [0.15, 0.2) is 40.2 Å². The van der Waals surface area contributed by atoms with Crippen molar-refractivity contribution in [3.63, 3.8) is 0 Å². The van der Waals surface area contributed by atoms with E-state index in [0.717, 1.165) is 11.3 Å². The van der Waals surface area contributed by atoms with Gasteiger partial charge < -0.3 is 10.8 Å². The zero-order valence-electron chi connectivity index (χ0n) is 8.32. The summed E-state index contributed by atoms with van der Waals surface area (Å²) in [7, 11) is 0. The van der Waals surface area contributed by atoms with E-state index in [1.165, 1.54) is 0 Å². The molecule has 2 aliphatic rings. The first kappa shape index (κ1) is 9.45. The van der Waals surface area contributed by atoms with Crippen LogP contribution in [0.25, 0.3) is 11.3 Å². The monoisotopic (exact) mass is 201 g/mol. The van der Waals surface area contributed by atoms with E-state index >= 15 is 0 Å². The molecule has 0 aromatic heterocycles. The van der Waals surface area contributed by atoms with E-state index in [1.807, 2.05) is 30.3 Å². The maximum absolute atomic E-state index is 11.6. The quantitative estimate of drug-likeness (QED) is 0.413. The van der Waals surface area contributed by atoms with Crippen molar-refractivity contribution in [3.8, 4) is 11.3 Å². The summed E-state index contributed by atoms with van der Waals surface area (Å²) in [6.07, 6.45) is 0. The van der Waals surface area contributed by atoms with Gasteiger partial charge in [0.2, 0.25) is 0 Å². The summed E-state index contributed by atoms with van der Waals surface area (Å²) < 4.78 is 0. The van der Waals surface area contributed by atoms with Crippen molar-refractivity contribution in [1.29, 1.82) is 0 Å². The average Bonchev–Trinajstić information content (AvgIpc) is 2.40. The van der Waals surface area contributed by atoms with E-state index in [-0.39, 0.29) is 5.56 Å². The maximum Gasteiger partial charge on any atom is 0.258 e. The fourth-order valence-corrected chi connectivity index (χ4v) is 1.61. The number of aromatic nitrogens is 1. The molecular formula is C11H11N3O. The standard InChI is InChI=1S/C11H11N3O/c1-7(14-12)10-8-5-3-2-4-6-9(8)13-11(10)15/h2-6H,12H2,1H3,(H,13,15)/b14-7+. The number of hydrogen-bond donors (Lipinski definition) is 2. The summed E-state index contributed by atoms with van der Waals surface area (Å²) in [6, 6.07) is 9.37. The smallest absolute Gasteiger partial charge is 0.258 e. The lowest BCUT2D eigenvalue weighted by atomic mass is 10.1. The molecule has 1 aliphatic carbocycles. The molecule has 15 heavy (non-hydrogen) atoms. The van der Waals surface area contributed by atoms with Crippen LogP contribution in [0.4, 0.5) is 0 Å². The molecule has 0 spiro atoms. The van der Waals surface area contributed by atoms with E-state index in [0.29, 0.717) is 11.3 Å². The summed E-state index contributed by atoms with van der Waals surface area (Å²) in [6.45, 7) is 1.72. The number of aromatic amines is 1. The van der Waals surface area contributed by atoms with Gasteiger partial charge >= 0.3 is 0 Å². The number of fused-ring (bicyclic) bond motifs is 1. The molecule has 0 radical (unpaired) electrons. The lowest BCUT2D eigenvalue weighted by Crippen LogP contribution is -2.11. The first-order chi connectivity index (χ1) is 7.24. The molecule has 1 heterocycles. The van der Waals surface area contributed by atoms with Gasteiger partial charge in [-0.3, -0.25) is 4.79 Å². The van der Waals surface area contributed by atoms with Gasteiger partial charge in [0.15, 0.2) is 0 Å². The Hall–Kier alpha value is -2.10. The molecule has 0 aromatic rings. The Bertz CT molecular complexity index is 542. The molecule has 4 nitrogen and oxygen atoms in total. The molecule has 1 aliphatic heterocycles. The first-order valence-electron chi connectivity index (χ1n) is 4.60. The van der Waals surface area contributed by atoms with E-state index in [9.17, 15) is 4.79 Å². The van der Waals surface area contributed by atoms with Crippen LogP contribution >= 0.6 is 0 Å². The lowest BCUT2D eigenvalue weighted by Gasteiger charge is -1.96. The number of nitrogens with one attached hydrogen (secondary N) is 1. The molecule has 0 unspecified atom stereocenters. The number of nitrogens with two attached hydrogens (primary N) is 1. The summed E-state index contributed by atoms with van der Waals surface area (Å²) in [4.78, 5) is 14.4. The predicted octanol–water partition coefficient (Wildman–Crippen LogP) is 1.16. The molecule has 2 rings (SSSR count). The highest BCUT2D eigenvalue weighted by molar-refractivity contribution is 6.04. The third kappa shape index (κ3) is 1.50. The SMILES string of the molecule is C/C(=N\N)c1c2cccccc-2[nH]c1=O. The Labute approximate surface area is 86.8 Å². The van der Waals surface area contributed by atoms with Gasteiger partial charge in [-0.2, -0.15) is 5.10 Å². The van der Waals surface area contributed by atoms with Crippen molar-refractivity contribution in [2.24, 2.45) is 10.9 Å². The number of H-pyrrole nitrogens is 1. The molecule has 3 N–H and O–H groups in total. The van der Waals surface area contributed by atoms with E-state index in [2.05, 4.69) is 10.1 Å². The summed E-state index contributed by atoms with van der Waals surface area (Å²) >= 11 is 0. The number of nitrogens with zero attached hydrogens (tertiary/aromatic N) is 1. The molecule has 0 saturated heterocycles. The summed E-state index contributed by atoms with van der Waals surface area (Å²) in [5.41, 5.74) is 2.57. The molecule has 0 bridgehead atoms. The van der Waals surface area contributed by atoms with Crippen LogP contribution in [-0.2, 0) is 0 Å². The largest absolute Gasteiger partial charge is 0.323 e. The van der Waals surface area contributed by atoms with E-state index < -0.39 is 0 Å². The minimum absolute atomic E-state index is 0.150. The number of hydrogen-bond acceptors (Lipinski definition) is 3. The zero-order chi connectivity index (χ0) is 10.8. The third-order valence-corrected chi connectivity index (χ3v) is 2.34. The fourth-order valence-electron chi connectivity index (χ4n) is 1.61. The predicted molar refractivity (Wildman–Crippen MR) is 60.1 cm³/mol. The Morgan fingerprint density at radius 2 is 2.07 bits per heavy atom. The van der Waals surface area contributed by atoms with Crippen LogP contribution in [0.5, 0.6) is 0 Å². The molecule has 0 saturated carbocycles. The Morgan fingerprint density at radius 1 is 1.33 bits per heavy atom. The normalized spacial score (nSPS) is 11.9. The van der Waals surface area contributed by atoms with Crippen molar-refractivity contribution < 1.29 is 0 Å². The van der Waals surface area contributed by atoms with Crippen molar-refractivity contribution in [2.45, 2.75) is 6.92 Å². The maximum atomic E-state index is 11.6. The Balaban J connectivity index is 2.80. The second-order valence-electron chi connectivity index (χ2n) is 3.28. The molecular weight excluding hydrogens is 190 g/mol. The summed E-state index contributed by atoms with van der Waals surface area (Å²) in [5, 5.41) is 3.56. The topological polar surface area (TPSA) is 71.2 Å². The van der Waals surface area contributed by atoms with Crippen LogP contribution in [0, 0.1) is 0 Å². The minimum Gasteiger partial charge on any atom is -0.323 e. The Kier molecular flexibility index (Phi) is 2.25. The van der Waals surface area contributed by atoms with Gasteiger partial charge in [-0.1, -0.05) is 24.3 Å². The van der Waals surface area contributed by atoms with Crippen LogP contribution < -0.4 is 11.4 Å². The fraction of sp³-hybridized carbons (Fsp3) is 0.0909. The van der Waals surface area contributed by atoms with Gasteiger partial charge in [0, 0.05) is 11.3 Å². The van der Waals surface area contributed by atoms with Gasteiger partial charge in [0.25, 0.3) is 5.56 Å². The van der Waals surface area contributed by atoms with Gasteiger partial charge in [-0.15, -0.1) is 0 Å². The van der Waals surface area contributed by atoms with Gasteiger partial charge in [0.05, 0.1) is 11.3 Å². The number of rotatable bonds is 1. The average molecular weight is 201 g/mol. The van der Waals surface area contributed by atoms with Crippen molar-refractivity contribution in [2.75, 3.05) is 0 Å². The highest BCUT2D eigenvalue weighted by Gasteiger charge is 2.15. The zero-order valence-corrected chi connectivity index (χ0v) is 8.32. The Morgan fingerprint density at radius 3 is 2.80 bits per heavy atom. The molecule has 76 valence electrons. The van der Waals surface area contributed by atoms with Crippen LogP contribution in [0.1, 0.15) is 12.5 Å². The summed E-state index contributed by atoms with van der Waals surface area (Å²) in [5.74, 6) is 5.19. The van der Waals surface area contributed by atoms with Crippen molar-refractivity contribution in [1.82, 2.24) is 4.98 Å². The highest BCUT2D eigenvalue weighted by atomic mass is 16.1. The van der Waals surface area contributed by atoms with Gasteiger partial charge in [-0.25, -0.2) is 0 Å². The second-order valence-corrected chi connectivity index (χ2v) is 3.28. The molecule has 0 atom stereocenters. The van der Waals surface area contributed by atoms with Crippen LogP contribution in [0.3, 0.4) is 0 Å². The number of hydrazone groups is 1. The molecule has 0 amide bonds.